The largest absolute Gasteiger partial charge is 0.398 e. The number of thiophene rings is 1. The van der Waals surface area contributed by atoms with Gasteiger partial charge in [-0.2, -0.15) is 0 Å². The summed E-state index contributed by atoms with van der Waals surface area (Å²) in [6.45, 7) is 0. The Morgan fingerprint density at radius 2 is 2.50 bits per heavy atom. The van der Waals surface area contributed by atoms with Crippen LogP contribution < -0.4 is 11.1 Å². The Labute approximate surface area is 63.4 Å². The summed E-state index contributed by atoms with van der Waals surface area (Å²) < 4.78 is 0. The topological polar surface area (TPSA) is 38.0 Å². The van der Waals surface area contributed by atoms with Crippen LogP contribution in [0.3, 0.4) is 0 Å². The number of nitrogens with two attached hydrogens (primary N) is 1. The fourth-order valence-corrected chi connectivity index (χ4v) is 1.91. The van der Waals surface area contributed by atoms with Crippen molar-refractivity contribution >= 4 is 22.0 Å². The Kier molecular flexibility index (Phi) is 1.17. The Bertz CT molecular complexity index is 275. The molecule has 2 nitrogen and oxygen atoms in total. The van der Waals surface area contributed by atoms with Crippen molar-refractivity contribution in [2.24, 2.45) is 0 Å². The number of nitrogens with one attached hydrogen (secondary N) is 1. The lowest BCUT2D eigenvalue weighted by Crippen LogP contribution is -1.97. The summed E-state index contributed by atoms with van der Waals surface area (Å²) in [7, 11) is 0. The molecule has 1 aliphatic rings. The molecule has 0 aromatic carbocycles. The third kappa shape index (κ3) is 0.708. The van der Waals surface area contributed by atoms with Crippen LogP contribution in [-0.2, 0) is 6.42 Å². The van der Waals surface area contributed by atoms with E-state index in [-0.39, 0.29) is 0 Å². The fourth-order valence-electron chi connectivity index (χ4n) is 1.04. The van der Waals surface area contributed by atoms with Gasteiger partial charge in [-0.05, 0) is 12.6 Å². The minimum Gasteiger partial charge on any atom is -0.398 e. The average Bonchev–Trinajstić information content (AvgIpc) is 2.34. The predicted octanol–water partition coefficient (Wildman–Crippen LogP) is 1.81. The Balaban J connectivity index is 2.50. The number of rotatable bonds is 0. The van der Waals surface area contributed by atoms with E-state index in [1.807, 2.05) is 11.6 Å². The smallest absolute Gasteiger partial charge is 0.0979 e. The van der Waals surface area contributed by atoms with Gasteiger partial charge < -0.3 is 11.1 Å². The van der Waals surface area contributed by atoms with Crippen LogP contribution >= 0.6 is 11.3 Å². The van der Waals surface area contributed by atoms with E-state index in [0.717, 1.165) is 12.1 Å². The van der Waals surface area contributed by atoms with E-state index in [9.17, 15) is 0 Å². The van der Waals surface area contributed by atoms with Crippen LogP contribution in [-0.4, -0.2) is 0 Å². The minimum absolute atomic E-state index is 0.914. The molecular formula is C7H8N2S. The molecule has 10 heavy (non-hydrogen) atoms. The number of hydrogen-bond acceptors (Lipinski definition) is 3. The molecule has 3 N–H and O–H groups in total. The van der Waals surface area contributed by atoms with E-state index >= 15 is 0 Å². The molecule has 0 saturated carbocycles. The van der Waals surface area contributed by atoms with Gasteiger partial charge >= 0.3 is 0 Å². The Morgan fingerprint density at radius 1 is 1.60 bits per heavy atom. The van der Waals surface area contributed by atoms with Crippen LogP contribution in [0.2, 0.25) is 0 Å². The first kappa shape index (κ1) is 5.80. The van der Waals surface area contributed by atoms with Crippen molar-refractivity contribution in [3.8, 4) is 0 Å². The second-order valence-electron chi connectivity index (χ2n) is 2.25. The maximum Gasteiger partial charge on any atom is 0.0979 e. The molecule has 0 saturated heterocycles. The standard InChI is InChI=1S/C7H8N2S/c8-6-4-10-7-5(6)2-1-3-9-7/h1,3-4,9H,2,8H2. The van der Waals surface area contributed by atoms with E-state index in [2.05, 4.69) is 11.4 Å². The van der Waals surface area contributed by atoms with Gasteiger partial charge in [0.15, 0.2) is 0 Å². The lowest BCUT2D eigenvalue weighted by Gasteiger charge is -2.06. The van der Waals surface area contributed by atoms with Crippen LogP contribution in [0, 0.1) is 0 Å². The summed E-state index contributed by atoms with van der Waals surface area (Å²) in [6, 6.07) is 0. The molecule has 0 spiro atoms. The molecule has 0 atom stereocenters. The average molecular weight is 152 g/mol. The highest BCUT2D eigenvalue weighted by Crippen LogP contribution is 2.32. The first-order valence-corrected chi connectivity index (χ1v) is 4.03. The molecule has 3 heteroatoms. The molecule has 0 amide bonds. The summed E-state index contributed by atoms with van der Waals surface area (Å²) >= 11 is 1.66. The van der Waals surface area contributed by atoms with Crippen molar-refractivity contribution in [1.29, 1.82) is 0 Å². The van der Waals surface area contributed by atoms with Gasteiger partial charge in [0, 0.05) is 16.6 Å². The zero-order valence-electron chi connectivity index (χ0n) is 5.42. The summed E-state index contributed by atoms with van der Waals surface area (Å²) in [5.74, 6) is 0. The second kappa shape index (κ2) is 2.02. The van der Waals surface area contributed by atoms with E-state index in [4.69, 9.17) is 5.73 Å². The van der Waals surface area contributed by atoms with Crippen LogP contribution in [0.15, 0.2) is 17.7 Å². The normalized spacial score (nSPS) is 14.4. The fraction of sp³-hybridized carbons (Fsp3) is 0.143. The van der Waals surface area contributed by atoms with Crippen LogP contribution in [0.5, 0.6) is 0 Å². The molecule has 2 rings (SSSR count). The monoisotopic (exact) mass is 152 g/mol. The van der Waals surface area contributed by atoms with E-state index in [1.165, 1.54) is 10.6 Å². The molecule has 0 bridgehead atoms. The van der Waals surface area contributed by atoms with Crippen molar-refractivity contribution in [2.75, 3.05) is 11.1 Å². The lowest BCUT2D eigenvalue weighted by atomic mass is 10.2. The number of anilines is 2. The van der Waals surface area contributed by atoms with Crippen LogP contribution in [0.25, 0.3) is 0 Å². The third-order valence-corrected chi connectivity index (χ3v) is 2.55. The molecule has 0 radical (unpaired) electrons. The molecule has 1 aliphatic heterocycles. The highest BCUT2D eigenvalue weighted by atomic mass is 32.1. The number of allylic oxidation sites excluding steroid dienone is 1. The van der Waals surface area contributed by atoms with Gasteiger partial charge in [-0.1, -0.05) is 6.08 Å². The summed E-state index contributed by atoms with van der Waals surface area (Å²) in [4.78, 5) is 0. The van der Waals surface area contributed by atoms with E-state index in [1.54, 1.807) is 11.3 Å². The van der Waals surface area contributed by atoms with E-state index in [0.29, 0.717) is 0 Å². The van der Waals surface area contributed by atoms with Gasteiger partial charge in [-0.15, -0.1) is 11.3 Å². The van der Waals surface area contributed by atoms with Gasteiger partial charge in [0.1, 0.15) is 0 Å². The van der Waals surface area contributed by atoms with Crippen molar-refractivity contribution in [3.05, 3.63) is 23.2 Å². The molecule has 0 aliphatic carbocycles. The Hall–Kier alpha value is -0.960. The van der Waals surface area contributed by atoms with Crippen LogP contribution in [0.1, 0.15) is 5.56 Å². The van der Waals surface area contributed by atoms with Gasteiger partial charge in [0.25, 0.3) is 0 Å². The molecule has 1 aromatic rings. The second-order valence-corrected chi connectivity index (χ2v) is 3.13. The van der Waals surface area contributed by atoms with Crippen LogP contribution in [0.4, 0.5) is 10.7 Å². The van der Waals surface area contributed by atoms with Gasteiger partial charge in [-0.3, -0.25) is 0 Å². The molecule has 52 valence electrons. The molecule has 1 aromatic heterocycles. The van der Waals surface area contributed by atoms with Crippen molar-refractivity contribution in [3.63, 3.8) is 0 Å². The molecule has 2 heterocycles. The first-order valence-electron chi connectivity index (χ1n) is 3.15. The zero-order chi connectivity index (χ0) is 6.97. The minimum atomic E-state index is 0.914. The molecule has 0 fully saturated rings. The van der Waals surface area contributed by atoms with Gasteiger partial charge in [0.2, 0.25) is 0 Å². The Morgan fingerprint density at radius 3 is 3.30 bits per heavy atom. The van der Waals surface area contributed by atoms with Gasteiger partial charge in [-0.25, -0.2) is 0 Å². The summed E-state index contributed by atoms with van der Waals surface area (Å²) in [6.07, 6.45) is 5.00. The quantitative estimate of drug-likeness (QED) is 0.595. The summed E-state index contributed by atoms with van der Waals surface area (Å²) in [5, 5.41) is 6.31. The van der Waals surface area contributed by atoms with E-state index < -0.39 is 0 Å². The maximum atomic E-state index is 5.70. The maximum absolute atomic E-state index is 5.70. The SMILES string of the molecule is Nc1csc2c1CC=CN2. The van der Waals surface area contributed by atoms with Crippen molar-refractivity contribution < 1.29 is 0 Å². The van der Waals surface area contributed by atoms with Crippen molar-refractivity contribution in [2.45, 2.75) is 6.42 Å². The highest BCUT2D eigenvalue weighted by Gasteiger charge is 2.08. The first-order chi connectivity index (χ1) is 4.88. The molecular weight excluding hydrogens is 144 g/mol. The summed E-state index contributed by atoms with van der Waals surface area (Å²) in [5.41, 5.74) is 7.85. The predicted molar refractivity (Wildman–Crippen MR) is 45.2 cm³/mol. The number of hydrogen-bond donors (Lipinski definition) is 2. The lowest BCUT2D eigenvalue weighted by molar-refractivity contribution is 1.26. The zero-order valence-corrected chi connectivity index (χ0v) is 6.24. The third-order valence-electron chi connectivity index (χ3n) is 1.58. The number of fused-ring (bicyclic) bond motifs is 1. The van der Waals surface area contributed by atoms with Crippen molar-refractivity contribution in [1.82, 2.24) is 0 Å². The molecule has 0 unspecified atom stereocenters. The highest BCUT2D eigenvalue weighted by molar-refractivity contribution is 7.14. The number of nitrogen functional groups attached to an aromatic ring is 1. The van der Waals surface area contributed by atoms with Gasteiger partial charge in [0.05, 0.1) is 5.00 Å².